The zero-order chi connectivity index (χ0) is 23.8. The average Bonchev–Trinajstić information content (AvgIpc) is 2.82. The molecule has 3 rings (SSSR count). The van der Waals surface area contributed by atoms with Crippen molar-refractivity contribution in [3.05, 3.63) is 90.0 Å². The highest BCUT2D eigenvalue weighted by atomic mass is 32.2. The maximum Gasteiger partial charge on any atom is 0.264 e. The normalized spacial score (nSPS) is 12.1. The molecule has 3 aromatic rings. The molecule has 6 nitrogen and oxygen atoms in total. The second-order valence-electron chi connectivity index (χ2n) is 8.06. The highest BCUT2D eigenvalue weighted by molar-refractivity contribution is 7.92. The van der Waals surface area contributed by atoms with Crippen molar-refractivity contribution in [2.24, 2.45) is 0 Å². The Bertz CT molecular complexity index is 1150. The van der Waals surface area contributed by atoms with Crippen molar-refractivity contribution in [2.45, 2.75) is 37.6 Å². The maximum atomic E-state index is 12.8. The molecule has 7 heteroatoms. The first kappa shape index (κ1) is 24.3. The van der Waals surface area contributed by atoms with Crippen LogP contribution in [0.4, 0.5) is 5.69 Å². The fourth-order valence-corrected chi connectivity index (χ4v) is 4.52. The first-order valence-corrected chi connectivity index (χ1v) is 12.3. The van der Waals surface area contributed by atoms with Crippen LogP contribution >= 0.6 is 0 Å². The SMILES string of the molecule is Cc1ccc(S(=O)(=O)N(C)c2ccc(OCC(=O)N[C@H](C)CCc3ccccc3)cc2)cc1. The summed E-state index contributed by atoms with van der Waals surface area (Å²) in [7, 11) is -2.15. The number of hydrogen-bond donors (Lipinski definition) is 1. The van der Waals surface area contributed by atoms with Gasteiger partial charge in [-0.25, -0.2) is 8.42 Å². The number of nitrogens with zero attached hydrogens (tertiary/aromatic N) is 1. The van der Waals surface area contributed by atoms with E-state index >= 15 is 0 Å². The van der Waals surface area contributed by atoms with Crippen molar-refractivity contribution < 1.29 is 17.9 Å². The molecule has 0 saturated carbocycles. The minimum Gasteiger partial charge on any atom is -0.484 e. The van der Waals surface area contributed by atoms with E-state index in [9.17, 15) is 13.2 Å². The van der Waals surface area contributed by atoms with Crippen molar-refractivity contribution in [1.82, 2.24) is 5.32 Å². The summed E-state index contributed by atoms with van der Waals surface area (Å²) in [5, 5.41) is 2.94. The molecule has 0 aliphatic carbocycles. The molecule has 0 unspecified atom stereocenters. The van der Waals surface area contributed by atoms with Crippen molar-refractivity contribution in [3.8, 4) is 5.75 Å². The molecule has 33 heavy (non-hydrogen) atoms. The summed E-state index contributed by atoms with van der Waals surface area (Å²) in [5.74, 6) is 0.297. The van der Waals surface area contributed by atoms with Gasteiger partial charge in [0.05, 0.1) is 10.6 Å². The van der Waals surface area contributed by atoms with Gasteiger partial charge in [-0.1, -0.05) is 48.0 Å². The second kappa shape index (κ2) is 11.0. The summed E-state index contributed by atoms with van der Waals surface area (Å²) in [5.41, 5.74) is 2.74. The predicted octanol–water partition coefficient (Wildman–Crippen LogP) is 4.34. The number of carbonyl (C=O) groups is 1. The third-order valence-corrected chi connectivity index (χ3v) is 7.17. The highest BCUT2D eigenvalue weighted by Crippen LogP contribution is 2.24. The van der Waals surface area contributed by atoms with E-state index in [-0.39, 0.29) is 23.5 Å². The van der Waals surface area contributed by atoms with E-state index in [1.165, 1.54) is 16.9 Å². The summed E-state index contributed by atoms with van der Waals surface area (Å²) >= 11 is 0. The zero-order valence-electron chi connectivity index (χ0n) is 19.2. The summed E-state index contributed by atoms with van der Waals surface area (Å²) < 4.78 is 32.5. The Labute approximate surface area is 196 Å². The molecule has 0 saturated heterocycles. The number of nitrogens with one attached hydrogen (secondary N) is 1. The lowest BCUT2D eigenvalue weighted by atomic mass is 10.1. The lowest BCUT2D eigenvalue weighted by Crippen LogP contribution is -2.36. The van der Waals surface area contributed by atoms with Gasteiger partial charge in [0, 0.05) is 13.1 Å². The van der Waals surface area contributed by atoms with Crippen molar-refractivity contribution >= 4 is 21.6 Å². The fraction of sp³-hybridized carbons (Fsp3) is 0.269. The van der Waals surface area contributed by atoms with Gasteiger partial charge in [-0.2, -0.15) is 0 Å². The number of amides is 1. The van der Waals surface area contributed by atoms with Gasteiger partial charge < -0.3 is 10.1 Å². The van der Waals surface area contributed by atoms with Crippen LogP contribution in [0.2, 0.25) is 0 Å². The molecule has 0 aliphatic rings. The van der Waals surface area contributed by atoms with Crippen LogP contribution in [0, 0.1) is 6.92 Å². The molecule has 1 amide bonds. The van der Waals surface area contributed by atoms with Crippen molar-refractivity contribution in [2.75, 3.05) is 18.0 Å². The van der Waals surface area contributed by atoms with Gasteiger partial charge in [0.2, 0.25) is 0 Å². The number of carbonyl (C=O) groups excluding carboxylic acids is 1. The Morgan fingerprint density at radius 1 is 0.970 bits per heavy atom. The summed E-state index contributed by atoms with van der Waals surface area (Å²) in [6, 6.07) is 23.5. The van der Waals surface area contributed by atoms with E-state index < -0.39 is 10.0 Å². The highest BCUT2D eigenvalue weighted by Gasteiger charge is 2.21. The molecular formula is C26H30N2O4S. The van der Waals surface area contributed by atoms with E-state index in [4.69, 9.17) is 4.74 Å². The Morgan fingerprint density at radius 2 is 1.61 bits per heavy atom. The number of hydrogen-bond acceptors (Lipinski definition) is 4. The van der Waals surface area contributed by atoms with Crippen LogP contribution in [0.5, 0.6) is 5.75 Å². The molecule has 0 radical (unpaired) electrons. The van der Waals surface area contributed by atoms with Crippen LogP contribution in [0.3, 0.4) is 0 Å². The standard InChI is InChI=1S/C26H30N2O4S/c1-20-9-17-25(18-10-20)33(30,31)28(3)23-13-15-24(16-14-23)32-19-26(29)27-21(2)11-12-22-7-5-4-6-8-22/h4-10,13-18,21H,11-12,19H2,1-3H3,(H,27,29)/t21-/m1/s1. The van der Waals surface area contributed by atoms with E-state index in [0.717, 1.165) is 18.4 Å². The monoisotopic (exact) mass is 466 g/mol. The van der Waals surface area contributed by atoms with Gasteiger partial charge in [-0.3, -0.25) is 9.10 Å². The average molecular weight is 467 g/mol. The Morgan fingerprint density at radius 3 is 2.24 bits per heavy atom. The number of ether oxygens (including phenoxy) is 1. The third kappa shape index (κ3) is 6.83. The fourth-order valence-electron chi connectivity index (χ4n) is 3.32. The van der Waals surface area contributed by atoms with Gasteiger partial charge in [0.1, 0.15) is 5.75 Å². The second-order valence-corrected chi connectivity index (χ2v) is 10.0. The van der Waals surface area contributed by atoms with Crippen LogP contribution < -0.4 is 14.4 Å². The van der Waals surface area contributed by atoms with E-state index in [2.05, 4.69) is 17.4 Å². The molecule has 0 aliphatic heterocycles. The molecule has 0 fully saturated rings. The zero-order valence-corrected chi connectivity index (χ0v) is 20.0. The topological polar surface area (TPSA) is 75.7 Å². The Hall–Kier alpha value is -3.32. The molecule has 0 spiro atoms. The van der Waals surface area contributed by atoms with Crippen LogP contribution in [-0.4, -0.2) is 34.0 Å². The summed E-state index contributed by atoms with van der Waals surface area (Å²) in [6.07, 6.45) is 1.73. The number of benzene rings is 3. The molecule has 0 heterocycles. The van der Waals surface area contributed by atoms with Gasteiger partial charge in [-0.15, -0.1) is 0 Å². The van der Waals surface area contributed by atoms with Crippen LogP contribution in [-0.2, 0) is 21.2 Å². The number of rotatable bonds is 10. The summed E-state index contributed by atoms with van der Waals surface area (Å²) in [6.45, 7) is 3.77. The number of aryl methyl sites for hydroxylation is 2. The molecule has 0 bridgehead atoms. The Balaban J connectivity index is 1.49. The largest absolute Gasteiger partial charge is 0.484 e. The Kier molecular flexibility index (Phi) is 8.11. The quantitative estimate of drug-likeness (QED) is 0.482. The molecular weight excluding hydrogens is 436 g/mol. The smallest absolute Gasteiger partial charge is 0.264 e. The number of sulfonamides is 1. The predicted molar refractivity (Wildman–Crippen MR) is 131 cm³/mol. The first-order chi connectivity index (χ1) is 15.8. The van der Waals surface area contributed by atoms with E-state index in [1.807, 2.05) is 32.0 Å². The minimum absolute atomic E-state index is 0.0318. The van der Waals surface area contributed by atoms with Crippen LogP contribution in [0.25, 0.3) is 0 Å². The van der Waals surface area contributed by atoms with E-state index in [0.29, 0.717) is 11.4 Å². The lowest BCUT2D eigenvalue weighted by molar-refractivity contribution is -0.123. The van der Waals surface area contributed by atoms with Crippen molar-refractivity contribution in [3.63, 3.8) is 0 Å². The van der Waals surface area contributed by atoms with Crippen molar-refractivity contribution in [1.29, 1.82) is 0 Å². The molecule has 3 aromatic carbocycles. The van der Waals surface area contributed by atoms with Gasteiger partial charge in [-0.05, 0) is 68.7 Å². The number of anilines is 1. The van der Waals surface area contributed by atoms with Crippen LogP contribution in [0.1, 0.15) is 24.5 Å². The molecule has 0 aromatic heterocycles. The first-order valence-electron chi connectivity index (χ1n) is 10.9. The van der Waals surface area contributed by atoms with Crippen LogP contribution in [0.15, 0.2) is 83.8 Å². The molecule has 174 valence electrons. The van der Waals surface area contributed by atoms with Gasteiger partial charge in [0.25, 0.3) is 15.9 Å². The third-order valence-electron chi connectivity index (χ3n) is 5.37. The lowest BCUT2D eigenvalue weighted by Gasteiger charge is -2.20. The maximum absolute atomic E-state index is 12.8. The van der Waals surface area contributed by atoms with Gasteiger partial charge in [0.15, 0.2) is 6.61 Å². The van der Waals surface area contributed by atoms with Gasteiger partial charge >= 0.3 is 0 Å². The minimum atomic E-state index is -3.66. The molecule has 1 atom stereocenters. The molecule has 1 N–H and O–H groups in total. The van der Waals surface area contributed by atoms with E-state index in [1.54, 1.807) is 48.5 Å². The summed E-state index contributed by atoms with van der Waals surface area (Å²) in [4.78, 5) is 12.4.